The minimum absolute atomic E-state index is 0.267. The Morgan fingerprint density at radius 2 is 2.10 bits per heavy atom. The van der Waals surface area contributed by atoms with Gasteiger partial charge in [-0.25, -0.2) is 4.98 Å². The number of thiophene rings is 1. The molecule has 0 aliphatic carbocycles. The first-order valence-corrected chi connectivity index (χ1v) is 8.96. The Morgan fingerprint density at radius 3 is 2.76 bits per heavy atom. The highest BCUT2D eigenvalue weighted by molar-refractivity contribution is 7.18. The average Bonchev–Trinajstić information content (AvgIpc) is 2.90. The molecule has 116 valence electrons. The molecule has 0 aromatic carbocycles. The quantitative estimate of drug-likeness (QED) is 0.600. The maximum Gasteiger partial charge on any atom is 0.227 e. The van der Waals surface area contributed by atoms with E-state index in [1.165, 1.54) is 24.1 Å². The van der Waals surface area contributed by atoms with Gasteiger partial charge >= 0.3 is 0 Å². The van der Waals surface area contributed by atoms with E-state index in [-0.39, 0.29) is 5.28 Å². The predicted octanol–water partition coefficient (Wildman–Crippen LogP) is 5.50. The molecule has 2 rings (SSSR count). The van der Waals surface area contributed by atoms with Crippen molar-refractivity contribution in [2.75, 3.05) is 6.61 Å². The Balaban J connectivity index is 2.15. The molecule has 1 unspecified atom stereocenters. The Labute approximate surface area is 135 Å². The summed E-state index contributed by atoms with van der Waals surface area (Å²) in [6, 6.07) is 2.12. The van der Waals surface area contributed by atoms with Crippen LogP contribution in [-0.4, -0.2) is 16.6 Å². The number of halogens is 1. The van der Waals surface area contributed by atoms with Gasteiger partial charge in [0, 0.05) is 4.88 Å². The first kappa shape index (κ1) is 16.5. The van der Waals surface area contributed by atoms with Gasteiger partial charge in [-0.1, -0.05) is 40.0 Å². The molecule has 0 saturated heterocycles. The van der Waals surface area contributed by atoms with E-state index in [0.29, 0.717) is 18.4 Å². The lowest BCUT2D eigenvalue weighted by atomic mass is 10.0. The molecular formula is C16H23ClN2OS. The smallest absolute Gasteiger partial charge is 0.227 e. The predicted molar refractivity (Wildman–Crippen MR) is 90.6 cm³/mol. The van der Waals surface area contributed by atoms with Crippen LogP contribution in [-0.2, 0) is 6.42 Å². The third-order valence-electron chi connectivity index (χ3n) is 3.73. The van der Waals surface area contributed by atoms with Crippen molar-refractivity contribution in [3.8, 4) is 5.88 Å². The minimum atomic E-state index is 0.267. The van der Waals surface area contributed by atoms with Gasteiger partial charge < -0.3 is 4.74 Å². The van der Waals surface area contributed by atoms with Crippen molar-refractivity contribution in [2.45, 2.75) is 52.9 Å². The summed E-state index contributed by atoms with van der Waals surface area (Å²) >= 11 is 7.68. The van der Waals surface area contributed by atoms with Gasteiger partial charge in [0.2, 0.25) is 11.2 Å². The molecule has 0 saturated carbocycles. The summed E-state index contributed by atoms with van der Waals surface area (Å²) in [5.41, 5.74) is 0. The molecule has 0 bridgehead atoms. The Bertz CT molecular complexity index is 585. The van der Waals surface area contributed by atoms with E-state index in [1.807, 2.05) is 0 Å². The number of ether oxygens (including phenoxy) is 1. The second kappa shape index (κ2) is 7.95. The summed E-state index contributed by atoms with van der Waals surface area (Å²) in [6.45, 7) is 7.28. The molecule has 0 aliphatic heterocycles. The Morgan fingerprint density at radius 1 is 1.29 bits per heavy atom. The van der Waals surface area contributed by atoms with E-state index in [2.05, 4.69) is 36.8 Å². The van der Waals surface area contributed by atoms with Crippen molar-refractivity contribution in [3.05, 3.63) is 16.2 Å². The van der Waals surface area contributed by atoms with Crippen molar-refractivity contribution in [2.24, 2.45) is 5.92 Å². The number of hydrogen-bond acceptors (Lipinski definition) is 4. The molecule has 21 heavy (non-hydrogen) atoms. The Hall–Kier alpha value is -0.870. The summed E-state index contributed by atoms with van der Waals surface area (Å²) in [5.74, 6) is 1.22. The van der Waals surface area contributed by atoms with Crippen molar-refractivity contribution < 1.29 is 4.74 Å². The van der Waals surface area contributed by atoms with Crippen LogP contribution in [0.3, 0.4) is 0 Å². The van der Waals surface area contributed by atoms with Gasteiger partial charge in [-0.05, 0) is 36.4 Å². The monoisotopic (exact) mass is 326 g/mol. The lowest BCUT2D eigenvalue weighted by Gasteiger charge is -2.15. The largest absolute Gasteiger partial charge is 0.477 e. The second-order valence-corrected chi connectivity index (χ2v) is 6.76. The van der Waals surface area contributed by atoms with Gasteiger partial charge in [-0.15, -0.1) is 11.3 Å². The highest BCUT2D eigenvalue weighted by atomic mass is 35.5. The number of unbranched alkanes of at least 4 members (excludes halogenated alkanes) is 1. The lowest BCUT2D eigenvalue weighted by molar-refractivity contribution is 0.228. The van der Waals surface area contributed by atoms with Crippen LogP contribution >= 0.6 is 22.9 Å². The molecule has 5 heteroatoms. The number of aromatic nitrogens is 2. The van der Waals surface area contributed by atoms with Crippen LogP contribution in [0.25, 0.3) is 10.2 Å². The molecule has 1 atom stereocenters. The molecule has 0 aliphatic rings. The van der Waals surface area contributed by atoms with Gasteiger partial charge in [0.25, 0.3) is 0 Å². The number of rotatable bonds is 8. The summed E-state index contributed by atoms with van der Waals surface area (Å²) in [5, 5.41) is 1.26. The van der Waals surface area contributed by atoms with Gasteiger partial charge in [-0.2, -0.15) is 4.98 Å². The molecule has 0 amide bonds. The van der Waals surface area contributed by atoms with Crippen molar-refractivity contribution in [1.82, 2.24) is 9.97 Å². The normalized spacial score (nSPS) is 12.8. The molecule has 0 fully saturated rings. The average molecular weight is 327 g/mol. The third kappa shape index (κ3) is 4.30. The van der Waals surface area contributed by atoms with Gasteiger partial charge in [0.05, 0.1) is 12.0 Å². The van der Waals surface area contributed by atoms with Gasteiger partial charge in [-0.3, -0.25) is 0 Å². The number of aryl methyl sites for hydroxylation is 1. The summed E-state index contributed by atoms with van der Waals surface area (Å²) in [4.78, 5) is 10.8. The van der Waals surface area contributed by atoms with Crippen LogP contribution in [0.2, 0.25) is 5.28 Å². The fraction of sp³-hybridized carbons (Fsp3) is 0.625. The zero-order chi connectivity index (χ0) is 15.2. The van der Waals surface area contributed by atoms with E-state index >= 15 is 0 Å². The van der Waals surface area contributed by atoms with E-state index < -0.39 is 0 Å². The molecular weight excluding hydrogens is 304 g/mol. The number of fused-ring (bicyclic) bond motifs is 1. The maximum atomic E-state index is 6.01. The molecule has 2 heterocycles. The molecule has 0 N–H and O–H groups in total. The van der Waals surface area contributed by atoms with Crippen molar-refractivity contribution >= 4 is 33.2 Å². The zero-order valence-corrected chi connectivity index (χ0v) is 14.6. The second-order valence-electron chi connectivity index (χ2n) is 5.31. The van der Waals surface area contributed by atoms with E-state index in [0.717, 1.165) is 23.1 Å². The van der Waals surface area contributed by atoms with Crippen LogP contribution < -0.4 is 4.74 Å². The Kier molecular flexibility index (Phi) is 6.24. The van der Waals surface area contributed by atoms with E-state index in [1.54, 1.807) is 11.3 Å². The van der Waals surface area contributed by atoms with Crippen LogP contribution in [0.15, 0.2) is 6.07 Å². The van der Waals surface area contributed by atoms with Crippen molar-refractivity contribution in [3.63, 3.8) is 0 Å². The maximum absolute atomic E-state index is 6.01. The molecule has 2 aromatic rings. The fourth-order valence-electron chi connectivity index (χ4n) is 2.30. The first-order chi connectivity index (χ1) is 10.2. The van der Waals surface area contributed by atoms with Crippen LogP contribution in [0.5, 0.6) is 5.88 Å². The highest BCUT2D eigenvalue weighted by Crippen LogP contribution is 2.32. The molecule has 0 spiro atoms. The van der Waals surface area contributed by atoms with Crippen LogP contribution in [0, 0.1) is 5.92 Å². The zero-order valence-electron chi connectivity index (χ0n) is 13.0. The minimum Gasteiger partial charge on any atom is -0.477 e. The van der Waals surface area contributed by atoms with Crippen LogP contribution in [0.1, 0.15) is 51.3 Å². The fourth-order valence-corrected chi connectivity index (χ4v) is 3.47. The number of nitrogens with zero attached hydrogens (tertiary/aromatic N) is 2. The topological polar surface area (TPSA) is 35.0 Å². The van der Waals surface area contributed by atoms with Crippen molar-refractivity contribution in [1.29, 1.82) is 0 Å². The summed E-state index contributed by atoms with van der Waals surface area (Å²) < 4.78 is 5.98. The molecule has 2 aromatic heterocycles. The standard InChI is InChI=1S/C16H23ClN2OS/c1-4-7-8-11(5-2)10-20-14-13-9-12(6-3)21-15(13)19-16(17)18-14/h9,11H,4-8,10H2,1-3H3. The van der Waals surface area contributed by atoms with Gasteiger partial charge in [0.15, 0.2) is 0 Å². The first-order valence-electron chi connectivity index (χ1n) is 7.76. The third-order valence-corrected chi connectivity index (χ3v) is 5.07. The molecule has 3 nitrogen and oxygen atoms in total. The highest BCUT2D eigenvalue weighted by Gasteiger charge is 2.14. The summed E-state index contributed by atoms with van der Waals surface area (Å²) in [7, 11) is 0. The van der Waals surface area contributed by atoms with Crippen LogP contribution in [0.4, 0.5) is 0 Å². The summed E-state index contributed by atoms with van der Waals surface area (Å²) in [6.07, 6.45) is 5.81. The molecule has 0 radical (unpaired) electrons. The number of hydrogen-bond donors (Lipinski definition) is 0. The van der Waals surface area contributed by atoms with Gasteiger partial charge in [0.1, 0.15) is 4.83 Å². The SMILES string of the molecule is CCCCC(CC)COc1nc(Cl)nc2sc(CC)cc12. The van der Waals surface area contributed by atoms with E-state index in [4.69, 9.17) is 16.3 Å². The van der Waals surface area contributed by atoms with E-state index in [9.17, 15) is 0 Å². The lowest BCUT2D eigenvalue weighted by Crippen LogP contribution is -2.12.